The van der Waals surface area contributed by atoms with Crippen molar-refractivity contribution in [2.45, 2.75) is 37.6 Å². The highest BCUT2D eigenvalue weighted by Gasteiger charge is 2.39. The minimum Gasteiger partial charge on any atom is -0.334 e. The molecule has 0 bridgehead atoms. The van der Waals surface area contributed by atoms with Crippen LogP contribution in [0.2, 0.25) is 0 Å². The first-order valence-corrected chi connectivity index (χ1v) is 8.08. The lowest BCUT2D eigenvalue weighted by Crippen LogP contribution is -2.44. The zero-order valence-electron chi connectivity index (χ0n) is 13.6. The molecular formula is C17H21ClN4O2. The fourth-order valence-electron chi connectivity index (χ4n) is 2.99. The number of amides is 1. The highest BCUT2D eigenvalue weighted by Crippen LogP contribution is 2.39. The van der Waals surface area contributed by atoms with Crippen LogP contribution < -0.4 is 10.6 Å². The van der Waals surface area contributed by atoms with Gasteiger partial charge in [-0.15, -0.1) is 12.4 Å². The summed E-state index contributed by atoms with van der Waals surface area (Å²) in [5.41, 5.74) is 7.37. The molecule has 2 N–H and O–H groups in total. The van der Waals surface area contributed by atoms with Gasteiger partial charge in [0, 0.05) is 13.0 Å². The lowest BCUT2D eigenvalue weighted by Gasteiger charge is -2.34. The van der Waals surface area contributed by atoms with E-state index in [2.05, 4.69) is 10.1 Å². The summed E-state index contributed by atoms with van der Waals surface area (Å²) in [6, 6.07) is 7.61. The fraction of sp³-hybridized carbons (Fsp3) is 0.471. The van der Waals surface area contributed by atoms with Crippen LogP contribution in [0.3, 0.4) is 0 Å². The molecule has 1 amide bonds. The number of aromatic nitrogens is 2. The van der Waals surface area contributed by atoms with Crippen LogP contribution in [0.25, 0.3) is 11.5 Å². The van der Waals surface area contributed by atoms with Crippen LogP contribution in [-0.4, -0.2) is 23.1 Å². The second kappa shape index (κ2) is 6.18. The lowest BCUT2D eigenvalue weighted by atomic mass is 9.77. The maximum Gasteiger partial charge on any atom is 0.260 e. The van der Waals surface area contributed by atoms with E-state index in [1.54, 1.807) is 11.9 Å². The predicted molar refractivity (Wildman–Crippen MR) is 92.8 cm³/mol. The Hall–Kier alpha value is -1.92. The number of nitrogens with two attached hydrogens (primary N) is 1. The molecule has 24 heavy (non-hydrogen) atoms. The summed E-state index contributed by atoms with van der Waals surface area (Å²) in [7, 11) is 1.80. The molecule has 2 aromatic rings. The van der Waals surface area contributed by atoms with Crippen molar-refractivity contribution in [3.63, 3.8) is 0 Å². The van der Waals surface area contributed by atoms with Crippen LogP contribution in [0, 0.1) is 5.92 Å². The molecule has 2 saturated carbocycles. The standard InChI is InChI=1S/C17H20N4O2.ClH/c1-21(15(22)11-7-8-11)13-6-3-2-5-12(13)14-19-16(20-23-14)17(18)9-4-10-17;/h2-3,5-6,11H,4,7-10,18H2,1H3;1H. The number of carbonyl (C=O) groups is 1. The van der Waals surface area contributed by atoms with Gasteiger partial charge in [-0.1, -0.05) is 17.3 Å². The molecule has 0 spiro atoms. The smallest absolute Gasteiger partial charge is 0.260 e. The van der Waals surface area contributed by atoms with Gasteiger partial charge in [-0.05, 0) is 44.2 Å². The van der Waals surface area contributed by atoms with E-state index in [4.69, 9.17) is 10.3 Å². The molecule has 6 nitrogen and oxygen atoms in total. The number of anilines is 1. The molecule has 0 saturated heterocycles. The summed E-state index contributed by atoms with van der Waals surface area (Å²) in [6.07, 6.45) is 4.81. The Morgan fingerprint density at radius 3 is 2.67 bits per heavy atom. The first-order chi connectivity index (χ1) is 11.1. The fourth-order valence-corrected chi connectivity index (χ4v) is 2.99. The number of hydrogen-bond acceptors (Lipinski definition) is 5. The second-order valence-corrected chi connectivity index (χ2v) is 6.62. The molecule has 7 heteroatoms. The van der Waals surface area contributed by atoms with E-state index in [-0.39, 0.29) is 24.2 Å². The Morgan fingerprint density at radius 2 is 2.04 bits per heavy atom. The van der Waals surface area contributed by atoms with Crippen LogP contribution in [0.15, 0.2) is 28.8 Å². The third kappa shape index (κ3) is 2.80. The molecule has 1 aromatic carbocycles. The van der Waals surface area contributed by atoms with E-state index in [1.165, 1.54) is 0 Å². The van der Waals surface area contributed by atoms with Crippen LogP contribution >= 0.6 is 12.4 Å². The van der Waals surface area contributed by atoms with Crippen molar-refractivity contribution in [1.29, 1.82) is 0 Å². The van der Waals surface area contributed by atoms with E-state index in [1.807, 2.05) is 24.3 Å². The highest BCUT2D eigenvalue weighted by atomic mass is 35.5. The third-order valence-electron chi connectivity index (χ3n) is 4.87. The highest BCUT2D eigenvalue weighted by molar-refractivity contribution is 5.98. The van der Waals surface area contributed by atoms with Gasteiger partial charge in [-0.3, -0.25) is 4.79 Å². The lowest BCUT2D eigenvalue weighted by molar-refractivity contribution is -0.119. The number of para-hydroxylation sites is 1. The number of rotatable bonds is 4. The Kier molecular flexibility index (Phi) is 4.36. The number of nitrogens with zero attached hydrogens (tertiary/aromatic N) is 3. The van der Waals surface area contributed by atoms with Crippen molar-refractivity contribution in [3.05, 3.63) is 30.1 Å². The molecule has 0 aliphatic heterocycles. The summed E-state index contributed by atoms with van der Waals surface area (Å²) >= 11 is 0. The van der Waals surface area contributed by atoms with E-state index < -0.39 is 5.54 Å². The molecular weight excluding hydrogens is 328 g/mol. The first kappa shape index (κ1) is 16.9. The average molecular weight is 349 g/mol. The normalized spacial score (nSPS) is 18.4. The molecule has 2 aliphatic carbocycles. The zero-order valence-corrected chi connectivity index (χ0v) is 14.4. The number of carbonyl (C=O) groups excluding carboxylic acids is 1. The van der Waals surface area contributed by atoms with Gasteiger partial charge >= 0.3 is 0 Å². The number of benzene rings is 1. The predicted octanol–water partition coefficient (Wildman–Crippen LogP) is 2.87. The zero-order chi connectivity index (χ0) is 16.0. The van der Waals surface area contributed by atoms with Crippen LogP contribution in [-0.2, 0) is 10.3 Å². The van der Waals surface area contributed by atoms with Crippen molar-refractivity contribution in [2.24, 2.45) is 11.7 Å². The first-order valence-electron chi connectivity index (χ1n) is 8.08. The minimum atomic E-state index is -0.452. The maximum atomic E-state index is 12.3. The third-order valence-corrected chi connectivity index (χ3v) is 4.87. The van der Waals surface area contributed by atoms with Gasteiger partial charge in [0.1, 0.15) is 0 Å². The molecule has 2 aliphatic rings. The van der Waals surface area contributed by atoms with Gasteiger partial charge in [-0.25, -0.2) is 0 Å². The SMILES string of the molecule is CN(C(=O)C1CC1)c1ccccc1-c1nc(C2(N)CCC2)no1.Cl. The molecule has 1 aromatic heterocycles. The van der Waals surface area contributed by atoms with E-state index in [0.29, 0.717) is 11.7 Å². The topological polar surface area (TPSA) is 85.2 Å². The quantitative estimate of drug-likeness (QED) is 0.918. The second-order valence-electron chi connectivity index (χ2n) is 6.62. The summed E-state index contributed by atoms with van der Waals surface area (Å²) in [5, 5.41) is 4.06. The Balaban J connectivity index is 0.00000169. The summed E-state index contributed by atoms with van der Waals surface area (Å²) in [6.45, 7) is 0. The minimum absolute atomic E-state index is 0. The number of hydrogen-bond donors (Lipinski definition) is 1. The van der Waals surface area contributed by atoms with Crippen molar-refractivity contribution in [1.82, 2.24) is 10.1 Å². The van der Waals surface area contributed by atoms with Crippen molar-refractivity contribution >= 4 is 24.0 Å². The van der Waals surface area contributed by atoms with Crippen molar-refractivity contribution < 1.29 is 9.32 Å². The van der Waals surface area contributed by atoms with Gasteiger partial charge < -0.3 is 15.2 Å². The molecule has 4 rings (SSSR count). The van der Waals surface area contributed by atoms with Crippen molar-refractivity contribution in [3.8, 4) is 11.5 Å². The molecule has 2 fully saturated rings. The van der Waals surface area contributed by atoms with Gasteiger partial charge in [-0.2, -0.15) is 4.98 Å². The van der Waals surface area contributed by atoms with Gasteiger partial charge in [0.05, 0.1) is 16.8 Å². The molecule has 0 unspecified atom stereocenters. The summed E-state index contributed by atoms with van der Waals surface area (Å²) in [4.78, 5) is 18.5. The van der Waals surface area contributed by atoms with Crippen LogP contribution in [0.1, 0.15) is 37.9 Å². The van der Waals surface area contributed by atoms with Gasteiger partial charge in [0.2, 0.25) is 5.91 Å². The monoisotopic (exact) mass is 348 g/mol. The molecule has 0 radical (unpaired) electrons. The molecule has 128 valence electrons. The number of halogens is 1. The van der Waals surface area contributed by atoms with Crippen LogP contribution in [0.5, 0.6) is 0 Å². The van der Waals surface area contributed by atoms with E-state index in [0.717, 1.165) is 43.4 Å². The van der Waals surface area contributed by atoms with Crippen LogP contribution in [0.4, 0.5) is 5.69 Å². The Morgan fingerprint density at radius 1 is 1.33 bits per heavy atom. The van der Waals surface area contributed by atoms with E-state index in [9.17, 15) is 4.79 Å². The molecule has 1 heterocycles. The van der Waals surface area contributed by atoms with Gasteiger partial charge in [0.15, 0.2) is 5.82 Å². The summed E-state index contributed by atoms with van der Waals surface area (Å²) in [5.74, 6) is 1.28. The van der Waals surface area contributed by atoms with Gasteiger partial charge in [0.25, 0.3) is 5.89 Å². The summed E-state index contributed by atoms with van der Waals surface area (Å²) < 4.78 is 5.44. The average Bonchev–Trinajstić information content (AvgIpc) is 3.28. The maximum absolute atomic E-state index is 12.3. The molecule has 0 atom stereocenters. The van der Waals surface area contributed by atoms with E-state index >= 15 is 0 Å². The van der Waals surface area contributed by atoms with Crippen molar-refractivity contribution in [2.75, 3.05) is 11.9 Å². The largest absolute Gasteiger partial charge is 0.334 e. The Labute approximate surface area is 146 Å². The Bertz CT molecular complexity index is 753.